The molecule has 1 aromatic carbocycles. The molecule has 0 bridgehead atoms. The molecule has 128 valence electrons. The molecule has 0 aliphatic carbocycles. The van der Waals surface area contributed by atoms with E-state index < -0.39 is 5.97 Å². The van der Waals surface area contributed by atoms with Crippen molar-refractivity contribution in [2.75, 3.05) is 26.1 Å². The van der Waals surface area contributed by atoms with Crippen LogP contribution in [0, 0.1) is 0 Å². The molecular weight excluding hydrogens is 334 g/mol. The van der Waals surface area contributed by atoms with Gasteiger partial charge in [0.05, 0.1) is 25.7 Å². The maximum absolute atomic E-state index is 11.2. The van der Waals surface area contributed by atoms with Crippen LogP contribution < -0.4 is 14.8 Å². The molecule has 8 nitrogen and oxygen atoms in total. The van der Waals surface area contributed by atoms with Crippen molar-refractivity contribution < 1.29 is 23.8 Å². The third kappa shape index (κ3) is 5.27. The zero-order valence-electron chi connectivity index (χ0n) is 13.3. The minimum Gasteiger partial charge on any atom is -0.490 e. The number of esters is 1. The summed E-state index contributed by atoms with van der Waals surface area (Å²) < 4.78 is 15.4. The highest BCUT2D eigenvalue weighted by Gasteiger charge is 2.16. The van der Waals surface area contributed by atoms with Crippen molar-refractivity contribution in [2.24, 2.45) is 10.2 Å². The molecule has 1 amide bonds. The Morgan fingerprint density at radius 3 is 2.88 bits per heavy atom. The highest BCUT2D eigenvalue weighted by molar-refractivity contribution is 8.15. The summed E-state index contributed by atoms with van der Waals surface area (Å²) in [5, 5.41) is 10.9. The summed E-state index contributed by atoms with van der Waals surface area (Å²) in [4.78, 5) is 22.2. The average Bonchev–Trinajstić information content (AvgIpc) is 2.99. The Balaban J connectivity index is 2.06. The van der Waals surface area contributed by atoms with Gasteiger partial charge in [0.25, 0.3) is 0 Å². The molecule has 1 N–H and O–H groups in total. The molecule has 9 heteroatoms. The Morgan fingerprint density at radius 1 is 1.38 bits per heavy atom. The molecule has 1 aliphatic heterocycles. The van der Waals surface area contributed by atoms with E-state index in [2.05, 4.69) is 20.3 Å². The summed E-state index contributed by atoms with van der Waals surface area (Å²) in [7, 11) is 1.29. The fraction of sp³-hybridized carbons (Fsp3) is 0.333. The number of benzene rings is 1. The van der Waals surface area contributed by atoms with E-state index in [0.717, 1.165) is 5.56 Å². The minimum atomic E-state index is -0.477. The van der Waals surface area contributed by atoms with Gasteiger partial charge in [-0.3, -0.25) is 4.79 Å². The van der Waals surface area contributed by atoms with Crippen LogP contribution in [0.3, 0.4) is 0 Å². The van der Waals surface area contributed by atoms with E-state index in [9.17, 15) is 9.59 Å². The third-order valence-corrected chi connectivity index (χ3v) is 3.65. The van der Waals surface area contributed by atoms with Gasteiger partial charge in [0, 0.05) is 0 Å². The predicted molar refractivity (Wildman–Crippen MR) is 90.8 cm³/mol. The van der Waals surface area contributed by atoms with Gasteiger partial charge in [0.15, 0.2) is 23.3 Å². The van der Waals surface area contributed by atoms with Gasteiger partial charge in [-0.05, 0) is 30.7 Å². The number of hydrogen-bond acceptors (Lipinski definition) is 8. The molecule has 1 saturated heterocycles. The van der Waals surface area contributed by atoms with Crippen LogP contribution in [-0.2, 0) is 14.3 Å². The first-order valence-electron chi connectivity index (χ1n) is 7.12. The van der Waals surface area contributed by atoms with E-state index in [1.165, 1.54) is 25.1 Å². The van der Waals surface area contributed by atoms with Crippen LogP contribution in [0.5, 0.6) is 11.5 Å². The largest absolute Gasteiger partial charge is 0.490 e. The van der Waals surface area contributed by atoms with E-state index in [-0.39, 0.29) is 12.5 Å². The SMILES string of the molecule is CCOc1cc(C=NN=C2NC(=O)CS2)ccc1OCC(=O)OC. The van der Waals surface area contributed by atoms with Crippen molar-refractivity contribution >= 4 is 35.0 Å². The first kappa shape index (κ1) is 17.8. The van der Waals surface area contributed by atoms with Crippen LogP contribution in [0.4, 0.5) is 0 Å². The van der Waals surface area contributed by atoms with E-state index in [1.54, 1.807) is 18.2 Å². The van der Waals surface area contributed by atoms with E-state index in [0.29, 0.717) is 29.0 Å². The number of carbonyl (C=O) groups excluding carboxylic acids is 2. The molecule has 24 heavy (non-hydrogen) atoms. The number of hydrogen-bond donors (Lipinski definition) is 1. The lowest BCUT2D eigenvalue weighted by molar-refractivity contribution is -0.142. The number of rotatable bonds is 7. The van der Waals surface area contributed by atoms with Crippen molar-refractivity contribution in [3.63, 3.8) is 0 Å². The summed E-state index contributed by atoms with van der Waals surface area (Å²) in [5.74, 6) is 0.718. The van der Waals surface area contributed by atoms with Crippen LogP contribution in [0.1, 0.15) is 12.5 Å². The van der Waals surface area contributed by atoms with Crippen molar-refractivity contribution in [3.8, 4) is 11.5 Å². The fourth-order valence-corrected chi connectivity index (χ4v) is 2.35. The molecule has 0 aromatic heterocycles. The molecule has 0 saturated carbocycles. The lowest BCUT2D eigenvalue weighted by atomic mass is 10.2. The molecule has 1 aromatic rings. The summed E-state index contributed by atoms with van der Waals surface area (Å²) >= 11 is 1.30. The second-order valence-corrected chi connectivity index (χ2v) is 5.45. The first-order valence-corrected chi connectivity index (χ1v) is 8.11. The Kier molecular flexibility index (Phi) is 6.62. The van der Waals surface area contributed by atoms with Crippen molar-refractivity contribution in [1.82, 2.24) is 5.32 Å². The monoisotopic (exact) mass is 351 g/mol. The molecule has 0 spiro atoms. The molecule has 0 atom stereocenters. The quantitative estimate of drug-likeness (QED) is 0.450. The zero-order chi connectivity index (χ0) is 17.4. The number of ether oxygens (including phenoxy) is 3. The standard InChI is InChI=1S/C15H17N3O5S/c1-3-22-12-6-10(4-5-11(12)23-8-14(20)21-2)7-16-18-15-17-13(19)9-24-15/h4-7H,3,8-9H2,1-2H3,(H,17,18,19). The second-order valence-electron chi connectivity index (χ2n) is 4.49. The average molecular weight is 351 g/mol. The van der Waals surface area contributed by atoms with Gasteiger partial charge in [0.2, 0.25) is 5.91 Å². The zero-order valence-corrected chi connectivity index (χ0v) is 14.1. The Labute approximate surface area is 143 Å². The van der Waals surface area contributed by atoms with Crippen molar-refractivity contribution in [2.45, 2.75) is 6.92 Å². The lowest BCUT2D eigenvalue weighted by Crippen LogP contribution is -2.19. The number of nitrogens with zero attached hydrogens (tertiary/aromatic N) is 2. The smallest absolute Gasteiger partial charge is 0.343 e. The van der Waals surface area contributed by atoms with Crippen LogP contribution in [0.25, 0.3) is 0 Å². The van der Waals surface area contributed by atoms with Gasteiger partial charge in [-0.15, -0.1) is 5.10 Å². The Bertz CT molecular complexity index is 675. The summed E-state index contributed by atoms with van der Waals surface area (Å²) in [5.41, 5.74) is 0.738. The van der Waals surface area contributed by atoms with E-state index in [1.807, 2.05) is 6.92 Å². The summed E-state index contributed by atoms with van der Waals surface area (Å²) in [6.07, 6.45) is 1.53. The first-order chi connectivity index (χ1) is 11.6. The minimum absolute atomic E-state index is 0.0836. The number of nitrogens with one attached hydrogen (secondary N) is 1. The molecule has 0 unspecified atom stereocenters. The summed E-state index contributed by atoms with van der Waals surface area (Å²) in [6.45, 7) is 2.09. The highest BCUT2D eigenvalue weighted by atomic mass is 32.2. The molecule has 2 rings (SSSR count). The van der Waals surface area contributed by atoms with Crippen LogP contribution >= 0.6 is 11.8 Å². The van der Waals surface area contributed by atoms with Gasteiger partial charge in [-0.25, -0.2) is 4.79 Å². The normalized spacial score (nSPS) is 15.6. The molecule has 1 fully saturated rings. The topological polar surface area (TPSA) is 98.6 Å². The lowest BCUT2D eigenvalue weighted by Gasteiger charge is -2.11. The Hall–Kier alpha value is -2.55. The number of amides is 1. The third-order valence-electron chi connectivity index (χ3n) is 2.78. The van der Waals surface area contributed by atoms with Gasteiger partial charge in [0.1, 0.15) is 0 Å². The molecule has 1 heterocycles. The second kappa shape index (κ2) is 8.92. The Morgan fingerprint density at radius 2 is 2.21 bits per heavy atom. The number of methoxy groups -OCH3 is 1. The maximum Gasteiger partial charge on any atom is 0.343 e. The van der Waals surface area contributed by atoms with Gasteiger partial charge in [-0.2, -0.15) is 5.10 Å². The highest BCUT2D eigenvalue weighted by Crippen LogP contribution is 2.28. The molecule has 0 radical (unpaired) electrons. The van der Waals surface area contributed by atoms with E-state index in [4.69, 9.17) is 9.47 Å². The van der Waals surface area contributed by atoms with Gasteiger partial charge < -0.3 is 19.5 Å². The fourth-order valence-electron chi connectivity index (χ4n) is 1.72. The molecular formula is C15H17N3O5S. The number of carbonyl (C=O) groups is 2. The maximum atomic E-state index is 11.2. The van der Waals surface area contributed by atoms with Gasteiger partial charge in [-0.1, -0.05) is 11.8 Å². The predicted octanol–water partition coefficient (Wildman–Crippen LogP) is 1.19. The van der Waals surface area contributed by atoms with Crippen molar-refractivity contribution in [1.29, 1.82) is 0 Å². The summed E-state index contributed by atoms with van der Waals surface area (Å²) in [6, 6.07) is 5.15. The molecule has 1 aliphatic rings. The van der Waals surface area contributed by atoms with E-state index >= 15 is 0 Å². The van der Waals surface area contributed by atoms with Gasteiger partial charge >= 0.3 is 5.97 Å². The van der Waals surface area contributed by atoms with Crippen LogP contribution in [0.15, 0.2) is 28.4 Å². The van der Waals surface area contributed by atoms with Crippen LogP contribution in [-0.4, -0.2) is 49.3 Å². The van der Waals surface area contributed by atoms with Crippen LogP contribution in [0.2, 0.25) is 0 Å². The number of amidine groups is 1. The number of thioether (sulfide) groups is 1. The van der Waals surface area contributed by atoms with Crippen molar-refractivity contribution in [3.05, 3.63) is 23.8 Å².